The van der Waals surface area contributed by atoms with Gasteiger partial charge >= 0.3 is 0 Å². The van der Waals surface area contributed by atoms with Gasteiger partial charge in [0.15, 0.2) is 0 Å². The Bertz CT molecular complexity index is 279. The molecule has 0 radical (unpaired) electrons. The van der Waals surface area contributed by atoms with Gasteiger partial charge in [0, 0.05) is 18.2 Å². The number of hydrogen-bond acceptors (Lipinski definition) is 3. The second-order valence-electron chi connectivity index (χ2n) is 4.39. The fourth-order valence-electron chi connectivity index (χ4n) is 2.11. The first kappa shape index (κ1) is 13.3. The summed E-state index contributed by atoms with van der Waals surface area (Å²) in [5.74, 6) is 1.56. The van der Waals surface area contributed by atoms with Crippen molar-refractivity contribution in [2.24, 2.45) is 5.92 Å². The Kier molecular flexibility index (Phi) is 5.36. The number of alkyl halides is 1. The third kappa shape index (κ3) is 5.18. The topological polar surface area (TPSA) is 46.2 Å². The lowest BCUT2D eigenvalue weighted by Gasteiger charge is -2.18. The van der Waals surface area contributed by atoms with Crippen molar-refractivity contribution in [2.45, 2.75) is 31.7 Å². The zero-order valence-electron chi connectivity index (χ0n) is 9.21. The van der Waals surface area contributed by atoms with E-state index in [1.807, 2.05) is 0 Å². The molecule has 0 saturated heterocycles. The standard InChI is InChI=1S/C10H20ClNO2S/c1-15(13,14)7-3-6-12-10-5-2-4-9(10)8-11/h9-10,12H,2-8H2,1H3. The minimum atomic E-state index is -2.81. The fraction of sp³-hybridized carbons (Fsp3) is 1.00. The molecule has 1 aliphatic carbocycles. The van der Waals surface area contributed by atoms with E-state index in [1.54, 1.807) is 0 Å². The third-order valence-corrected chi connectivity index (χ3v) is 4.38. The minimum absolute atomic E-state index is 0.276. The normalized spacial score (nSPS) is 27.1. The Morgan fingerprint density at radius 3 is 2.73 bits per heavy atom. The molecule has 0 aliphatic heterocycles. The van der Waals surface area contributed by atoms with Crippen LogP contribution in [0.4, 0.5) is 0 Å². The van der Waals surface area contributed by atoms with Crippen LogP contribution in [0.1, 0.15) is 25.7 Å². The molecule has 3 nitrogen and oxygen atoms in total. The highest BCUT2D eigenvalue weighted by molar-refractivity contribution is 7.90. The zero-order chi connectivity index (χ0) is 11.3. The van der Waals surface area contributed by atoms with Gasteiger partial charge in [-0.1, -0.05) is 6.42 Å². The quantitative estimate of drug-likeness (QED) is 0.575. The Morgan fingerprint density at radius 2 is 2.13 bits per heavy atom. The molecule has 0 bridgehead atoms. The lowest BCUT2D eigenvalue weighted by Crippen LogP contribution is -2.34. The molecular weight excluding hydrogens is 234 g/mol. The van der Waals surface area contributed by atoms with Crippen molar-refractivity contribution in [3.8, 4) is 0 Å². The average molecular weight is 254 g/mol. The van der Waals surface area contributed by atoms with Crippen molar-refractivity contribution < 1.29 is 8.42 Å². The van der Waals surface area contributed by atoms with E-state index in [0.29, 0.717) is 24.3 Å². The summed E-state index contributed by atoms with van der Waals surface area (Å²) >= 11 is 5.85. The molecule has 0 amide bonds. The minimum Gasteiger partial charge on any atom is -0.314 e. The molecule has 0 spiro atoms. The summed E-state index contributed by atoms with van der Waals surface area (Å²) in [5.41, 5.74) is 0. The molecule has 1 saturated carbocycles. The van der Waals surface area contributed by atoms with E-state index in [9.17, 15) is 8.42 Å². The van der Waals surface area contributed by atoms with Gasteiger partial charge in [0.25, 0.3) is 0 Å². The number of sulfone groups is 1. The van der Waals surface area contributed by atoms with Crippen LogP contribution < -0.4 is 5.32 Å². The van der Waals surface area contributed by atoms with Gasteiger partial charge in [-0.25, -0.2) is 8.42 Å². The number of nitrogens with one attached hydrogen (secondary N) is 1. The molecule has 90 valence electrons. The van der Waals surface area contributed by atoms with Crippen LogP contribution in [0.2, 0.25) is 0 Å². The second kappa shape index (κ2) is 6.06. The first-order valence-electron chi connectivity index (χ1n) is 5.50. The van der Waals surface area contributed by atoms with Gasteiger partial charge in [-0.2, -0.15) is 0 Å². The van der Waals surface area contributed by atoms with Crippen molar-refractivity contribution in [3.63, 3.8) is 0 Å². The van der Waals surface area contributed by atoms with E-state index in [0.717, 1.165) is 6.54 Å². The highest BCUT2D eigenvalue weighted by Crippen LogP contribution is 2.26. The molecule has 1 N–H and O–H groups in total. The van der Waals surface area contributed by atoms with Crippen molar-refractivity contribution >= 4 is 21.4 Å². The van der Waals surface area contributed by atoms with Gasteiger partial charge in [0.1, 0.15) is 9.84 Å². The van der Waals surface area contributed by atoms with Crippen LogP contribution in [0.3, 0.4) is 0 Å². The number of hydrogen-bond donors (Lipinski definition) is 1. The monoisotopic (exact) mass is 253 g/mol. The highest BCUT2D eigenvalue weighted by Gasteiger charge is 2.25. The Balaban J connectivity index is 2.15. The molecule has 2 unspecified atom stereocenters. The molecule has 1 aliphatic rings. The molecule has 0 aromatic rings. The van der Waals surface area contributed by atoms with Crippen LogP contribution in [0, 0.1) is 5.92 Å². The zero-order valence-corrected chi connectivity index (χ0v) is 10.8. The molecule has 0 aromatic heterocycles. The molecule has 2 atom stereocenters. The largest absolute Gasteiger partial charge is 0.314 e. The Hall–Kier alpha value is 0.200. The predicted molar refractivity (Wildman–Crippen MR) is 64.2 cm³/mol. The summed E-state index contributed by atoms with van der Waals surface area (Å²) in [7, 11) is -2.81. The molecule has 0 heterocycles. The van der Waals surface area contributed by atoms with Gasteiger partial charge in [-0.05, 0) is 31.7 Å². The van der Waals surface area contributed by atoms with Gasteiger partial charge in [-0.3, -0.25) is 0 Å². The first-order valence-corrected chi connectivity index (χ1v) is 8.09. The maximum atomic E-state index is 10.9. The van der Waals surface area contributed by atoms with E-state index in [4.69, 9.17) is 11.6 Å². The highest BCUT2D eigenvalue weighted by atomic mass is 35.5. The number of halogens is 1. The molecule has 1 rings (SSSR count). The fourth-order valence-corrected chi connectivity index (χ4v) is 3.15. The van der Waals surface area contributed by atoms with Crippen LogP contribution in [0.15, 0.2) is 0 Å². The van der Waals surface area contributed by atoms with Crippen LogP contribution in [-0.2, 0) is 9.84 Å². The van der Waals surface area contributed by atoms with Gasteiger partial charge in [0.2, 0.25) is 0 Å². The second-order valence-corrected chi connectivity index (χ2v) is 6.96. The van der Waals surface area contributed by atoms with Crippen molar-refractivity contribution in [1.29, 1.82) is 0 Å². The summed E-state index contributed by atoms with van der Waals surface area (Å²) in [4.78, 5) is 0. The van der Waals surface area contributed by atoms with E-state index >= 15 is 0 Å². The number of rotatable bonds is 6. The molecule has 0 aromatic carbocycles. The first-order chi connectivity index (χ1) is 7.03. The van der Waals surface area contributed by atoms with E-state index in [2.05, 4.69) is 5.32 Å². The lowest BCUT2D eigenvalue weighted by molar-refractivity contribution is 0.431. The summed E-state index contributed by atoms with van der Waals surface area (Å²) in [6.07, 6.45) is 5.60. The van der Waals surface area contributed by atoms with E-state index in [-0.39, 0.29) is 5.75 Å². The summed E-state index contributed by atoms with van der Waals surface area (Å²) in [6.45, 7) is 0.783. The maximum absolute atomic E-state index is 10.9. The van der Waals surface area contributed by atoms with Crippen LogP contribution in [0.25, 0.3) is 0 Å². The van der Waals surface area contributed by atoms with Crippen molar-refractivity contribution in [3.05, 3.63) is 0 Å². The van der Waals surface area contributed by atoms with E-state index < -0.39 is 9.84 Å². The summed E-state index contributed by atoms with van der Waals surface area (Å²) in [6, 6.07) is 0.502. The third-order valence-electron chi connectivity index (χ3n) is 2.96. The SMILES string of the molecule is CS(=O)(=O)CCCNC1CCCC1CCl. The Morgan fingerprint density at radius 1 is 1.40 bits per heavy atom. The summed E-state index contributed by atoms with van der Waals surface area (Å²) < 4.78 is 21.8. The van der Waals surface area contributed by atoms with Gasteiger partial charge in [-0.15, -0.1) is 11.6 Å². The smallest absolute Gasteiger partial charge is 0.147 e. The van der Waals surface area contributed by atoms with Gasteiger partial charge in [0.05, 0.1) is 5.75 Å². The summed E-state index contributed by atoms with van der Waals surface area (Å²) in [5, 5.41) is 3.41. The van der Waals surface area contributed by atoms with Crippen LogP contribution >= 0.6 is 11.6 Å². The van der Waals surface area contributed by atoms with Crippen molar-refractivity contribution in [1.82, 2.24) is 5.32 Å². The molecule has 1 fully saturated rings. The molecule has 15 heavy (non-hydrogen) atoms. The van der Waals surface area contributed by atoms with Crippen LogP contribution in [0.5, 0.6) is 0 Å². The Labute approximate surface area is 97.5 Å². The maximum Gasteiger partial charge on any atom is 0.147 e. The predicted octanol–water partition coefficient (Wildman–Crippen LogP) is 1.42. The van der Waals surface area contributed by atoms with Crippen molar-refractivity contribution in [2.75, 3.05) is 24.4 Å². The lowest BCUT2D eigenvalue weighted by atomic mass is 10.1. The van der Waals surface area contributed by atoms with E-state index in [1.165, 1.54) is 25.5 Å². The molecule has 5 heteroatoms. The van der Waals surface area contributed by atoms with Crippen LogP contribution in [-0.4, -0.2) is 38.9 Å². The average Bonchev–Trinajstić information content (AvgIpc) is 2.58. The molecular formula is C10H20ClNO2S. The van der Waals surface area contributed by atoms with Gasteiger partial charge < -0.3 is 5.32 Å².